The van der Waals surface area contributed by atoms with Crippen LogP contribution in [-0.2, 0) is 4.74 Å². The first-order valence-electron chi connectivity index (χ1n) is 8.54. The third kappa shape index (κ3) is 4.82. The van der Waals surface area contributed by atoms with Crippen molar-refractivity contribution in [3.05, 3.63) is 58.1 Å². The number of carbonyl (C=O) groups is 1. The van der Waals surface area contributed by atoms with Crippen LogP contribution in [0.5, 0.6) is 11.5 Å². The minimum Gasteiger partial charge on any atom is -0.497 e. The highest BCUT2D eigenvalue weighted by Gasteiger charge is 2.27. The van der Waals surface area contributed by atoms with Crippen LogP contribution < -0.4 is 9.47 Å². The van der Waals surface area contributed by atoms with Crippen LogP contribution in [0, 0.1) is 12.3 Å². The summed E-state index contributed by atoms with van der Waals surface area (Å²) in [7, 11) is 1.58. The second kappa shape index (κ2) is 8.94. The zero-order valence-corrected chi connectivity index (χ0v) is 16.6. The molecule has 1 heterocycles. The first kappa shape index (κ1) is 19.3. The summed E-state index contributed by atoms with van der Waals surface area (Å²) in [5.74, 6) is 3.84. The maximum absolute atomic E-state index is 12.9. The lowest BCUT2D eigenvalue weighted by atomic mass is 10.1. The molecule has 0 spiro atoms. The van der Waals surface area contributed by atoms with Gasteiger partial charge in [0.05, 0.1) is 25.8 Å². The summed E-state index contributed by atoms with van der Waals surface area (Å²) in [4.78, 5) is 14.7. The molecule has 0 bridgehead atoms. The summed E-state index contributed by atoms with van der Waals surface area (Å²) in [6, 6.07) is 12.7. The summed E-state index contributed by atoms with van der Waals surface area (Å²) >= 11 is 3.44. The van der Waals surface area contributed by atoms with Crippen molar-refractivity contribution in [2.24, 2.45) is 0 Å². The highest BCUT2D eigenvalue weighted by atomic mass is 79.9. The minimum absolute atomic E-state index is 0.0663. The predicted octanol–water partition coefficient (Wildman–Crippen LogP) is 3.36. The Bertz CT molecular complexity index is 862. The van der Waals surface area contributed by atoms with Gasteiger partial charge in [0.2, 0.25) is 0 Å². The number of hydrogen-bond donors (Lipinski definition) is 0. The molecule has 27 heavy (non-hydrogen) atoms. The van der Waals surface area contributed by atoms with Crippen molar-refractivity contribution in [3.63, 3.8) is 0 Å². The molecule has 1 aliphatic rings. The standard InChI is InChI=1S/C21H20BrNO4/c1-3-15-5-4-6-17(11-15)27-14-18-13-23(9-10-26-18)21(24)19-12-16(25-2)7-8-20(19)22/h1,4-8,11-12,18H,9-10,13-14H2,2H3. The maximum atomic E-state index is 12.9. The Morgan fingerprint density at radius 1 is 1.33 bits per heavy atom. The molecule has 0 N–H and O–H groups in total. The third-order valence-electron chi connectivity index (χ3n) is 4.27. The van der Waals surface area contributed by atoms with E-state index in [2.05, 4.69) is 21.9 Å². The Morgan fingerprint density at radius 2 is 2.19 bits per heavy atom. The fourth-order valence-electron chi connectivity index (χ4n) is 2.84. The molecule has 1 unspecified atom stereocenters. The molecule has 1 amide bonds. The van der Waals surface area contributed by atoms with Gasteiger partial charge in [-0.3, -0.25) is 4.79 Å². The number of carbonyl (C=O) groups excluding carboxylic acids is 1. The maximum Gasteiger partial charge on any atom is 0.255 e. The number of nitrogens with zero attached hydrogens (tertiary/aromatic N) is 1. The number of amides is 1. The first-order chi connectivity index (χ1) is 13.1. The number of benzene rings is 2. The molecule has 1 aliphatic heterocycles. The van der Waals surface area contributed by atoms with Crippen LogP contribution in [0.25, 0.3) is 0 Å². The molecule has 2 aromatic rings. The van der Waals surface area contributed by atoms with Gasteiger partial charge in [0, 0.05) is 16.6 Å². The molecule has 1 saturated heterocycles. The second-order valence-corrected chi connectivity index (χ2v) is 6.93. The van der Waals surface area contributed by atoms with Crippen LogP contribution in [0.1, 0.15) is 15.9 Å². The molecule has 140 valence electrons. The zero-order chi connectivity index (χ0) is 19.2. The SMILES string of the molecule is C#Cc1cccc(OCC2CN(C(=O)c3cc(OC)ccc3Br)CCO2)c1. The number of morpholine rings is 1. The summed E-state index contributed by atoms with van der Waals surface area (Å²) in [5.41, 5.74) is 1.33. The Hall–Kier alpha value is -2.49. The van der Waals surface area contributed by atoms with E-state index in [0.29, 0.717) is 43.4 Å². The highest BCUT2D eigenvalue weighted by molar-refractivity contribution is 9.10. The normalized spacial score (nSPS) is 16.5. The molecule has 0 saturated carbocycles. The number of methoxy groups -OCH3 is 1. The molecule has 0 aromatic heterocycles. The number of rotatable bonds is 5. The summed E-state index contributed by atoms with van der Waals surface area (Å²) in [6.07, 6.45) is 5.20. The van der Waals surface area contributed by atoms with E-state index in [9.17, 15) is 4.79 Å². The number of halogens is 1. The van der Waals surface area contributed by atoms with E-state index in [1.54, 1.807) is 30.2 Å². The van der Waals surface area contributed by atoms with Crippen LogP contribution in [0.15, 0.2) is 46.9 Å². The summed E-state index contributed by atoms with van der Waals surface area (Å²) in [5, 5.41) is 0. The van der Waals surface area contributed by atoms with Crippen molar-refractivity contribution < 1.29 is 19.0 Å². The lowest BCUT2D eigenvalue weighted by molar-refractivity contribution is -0.0401. The van der Waals surface area contributed by atoms with E-state index in [1.807, 2.05) is 24.3 Å². The summed E-state index contributed by atoms with van der Waals surface area (Å²) < 4.78 is 17.5. The average molecular weight is 430 g/mol. The molecular formula is C21H20BrNO4. The van der Waals surface area contributed by atoms with Gasteiger partial charge in [0.1, 0.15) is 24.2 Å². The molecule has 0 aliphatic carbocycles. The minimum atomic E-state index is -0.207. The first-order valence-corrected chi connectivity index (χ1v) is 9.34. The molecule has 2 aromatic carbocycles. The van der Waals surface area contributed by atoms with Crippen molar-refractivity contribution in [3.8, 4) is 23.8 Å². The van der Waals surface area contributed by atoms with Gasteiger partial charge in [-0.05, 0) is 52.3 Å². The van der Waals surface area contributed by atoms with Crippen LogP contribution in [0.3, 0.4) is 0 Å². The van der Waals surface area contributed by atoms with Gasteiger partial charge in [-0.25, -0.2) is 0 Å². The van der Waals surface area contributed by atoms with E-state index < -0.39 is 0 Å². The Labute approximate surface area is 167 Å². The van der Waals surface area contributed by atoms with Gasteiger partial charge in [-0.2, -0.15) is 0 Å². The van der Waals surface area contributed by atoms with Crippen LogP contribution >= 0.6 is 15.9 Å². The van der Waals surface area contributed by atoms with Crippen LogP contribution in [0.2, 0.25) is 0 Å². The van der Waals surface area contributed by atoms with E-state index in [4.69, 9.17) is 20.6 Å². The van der Waals surface area contributed by atoms with Gasteiger partial charge in [0.15, 0.2) is 0 Å². The molecule has 1 atom stereocenters. The Balaban J connectivity index is 1.63. The highest BCUT2D eigenvalue weighted by Crippen LogP contribution is 2.24. The van der Waals surface area contributed by atoms with Crippen molar-refractivity contribution in [1.82, 2.24) is 4.90 Å². The number of terminal acetylenes is 1. The third-order valence-corrected chi connectivity index (χ3v) is 4.96. The monoisotopic (exact) mass is 429 g/mol. The smallest absolute Gasteiger partial charge is 0.255 e. The molecular weight excluding hydrogens is 410 g/mol. The van der Waals surface area contributed by atoms with Crippen LogP contribution in [-0.4, -0.2) is 50.3 Å². The predicted molar refractivity (Wildman–Crippen MR) is 106 cm³/mol. The topological polar surface area (TPSA) is 48.0 Å². The zero-order valence-electron chi connectivity index (χ0n) is 15.0. The van der Waals surface area contributed by atoms with Gasteiger partial charge < -0.3 is 19.1 Å². The lowest BCUT2D eigenvalue weighted by Crippen LogP contribution is -2.47. The molecule has 3 rings (SSSR count). The van der Waals surface area contributed by atoms with Gasteiger partial charge >= 0.3 is 0 Å². The van der Waals surface area contributed by atoms with Crippen molar-refractivity contribution >= 4 is 21.8 Å². The second-order valence-electron chi connectivity index (χ2n) is 6.07. The van der Waals surface area contributed by atoms with Gasteiger partial charge in [0.25, 0.3) is 5.91 Å². The van der Waals surface area contributed by atoms with Crippen molar-refractivity contribution in [2.75, 3.05) is 33.4 Å². The van der Waals surface area contributed by atoms with E-state index in [-0.39, 0.29) is 12.0 Å². The average Bonchev–Trinajstić information content (AvgIpc) is 2.72. The molecule has 6 heteroatoms. The molecule has 0 radical (unpaired) electrons. The van der Waals surface area contributed by atoms with E-state index in [1.165, 1.54) is 0 Å². The Morgan fingerprint density at radius 3 is 2.96 bits per heavy atom. The quantitative estimate of drug-likeness (QED) is 0.683. The fraction of sp³-hybridized carbons (Fsp3) is 0.286. The lowest BCUT2D eigenvalue weighted by Gasteiger charge is -2.33. The summed E-state index contributed by atoms with van der Waals surface area (Å²) in [6.45, 7) is 1.80. The van der Waals surface area contributed by atoms with Crippen LogP contribution in [0.4, 0.5) is 0 Å². The van der Waals surface area contributed by atoms with E-state index in [0.717, 1.165) is 10.0 Å². The van der Waals surface area contributed by atoms with Crippen molar-refractivity contribution in [1.29, 1.82) is 0 Å². The number of ether oxygens (including phenoxy) is 3. The van der Waals surface area contributed by atoms with Gasteiger partial charge in [-0.15, -0.1) is 6.42 Å². The number of hydrogen-bond acceptors (Lipinski definition) is 4. The largest absolute Gasteiger partial charge is 0.497 e. The molecule has 1 fully saturated rings. The van der Waals surface area contributed by atoms with E-state index >= 15 is 0 Å². The Kier molecular flexibility index (Phi) is 6.38. The molecule has 5 nitrogen and oxygen atoms in total. The van der Waals surface area contributed by atoms with Gasteiger partial charge in [-0.1, -0.05) is 12.0 Å². The van der Waals surface area contributed by atoms with Crippen molar-refractivity contribution in [2.45, 2.75) is 6.10 Å². The fourth-order valence-corrected chi connectivity index (χ4v) is 3.25.